The van der Waals surface area contributed by atoms with E-state index in [1.807, 2.05) is 6.07 Å². The summed E-state index contributed by atoms with van der Waals surface area (Å²) in [6.45, 7) is 1.93. The van der Waals surface area contributed by atoms with Gasteiger partial charge in [-0.3, -0.25) is 0 Å². The van der Waals surface area contributed by atoms with Crippen molar-refractivity contribution < 1.29 is 4.74 Å². The predicted octanol–water partition coefficient (Wildman–Crippen LogP) is 3.67. The highest BCUT2D eigenvalue weighted by molar-refractivity contribution is 5.18. The third kappa shape index (κ3) is 4.43. The van der Waals surface area contributed by atoms with Crippen LogP contribution < -0.4 is 5.73 Å². The third-order valence-corrected chi connectivity index (χ3v) is 3.95. The van der Waals surface area contributed by atoms with Crippen LogP contribution in [0.4, 0.5) is 0 Å². The van der Waals surface area contributed by atoms with Crippen molar-refractivity contribution in [3.63, 3.8) is 0 Å². The normalized spacial score (nSPS) is 18.7. The molecule has 1 aromatic rings. The average Bonchev–Trinajstić information content (AvgIpc) is 2.45. The van der Waals surface area contributed by atoms with Gasteiger partial charge in [-0.2, -0.15) is 0 Å². The molecule has 2 nitrogen and oxygen atoms in total. The minimum absolute atomic E-state index is 0.209. The van der Waals surface area contributed by atoms with Crippen LogP contribution in [0.25, 0.3) is 0 Å². The molecule has 1 atom stereocenters. The molecule has 1 unspecified atom stereocenters. The Morgan fingerprint density at radius 2 is 1.83 bits per heavy atom. The van der Waals surface area contributed by atoms with Gasteiger partial charge in [-0.1, -0.05) is 49.6 Å². The lowest BCUT2D eigenvalue weighted by molar-refractivity contribution is 0.0631. The summed E-state index contributed by atoms with van der Waals surface area (Å²) < 4.78 is 5.38. The summed E-state index contributed by atoms with van der Waals surface area (Å²) in [5.41, 5.74) is 7.46. The lowest BCUT2D eigenvalue weighted by Gasteiger charge is -2.22. The maximum atomic E-state index is 6.19. The molecule has 0 spiro atoms. The van der Waals surface area contributed by atoms with Gasteiger partial charge >= 0.3 is 0 Å². The van der Waals surface area contributed by atoms with Crippen LogP contribution in [0, 0.1) is 5.92 Å². The summed E-state index contributed by atoms with van der Waals surface area (Å²) in [4.78, 5) is 0. The summed E-state index contributed by atoms with van der Waals surface area (Å²) in [7, 11) is 0. The molecule has 1 aliphatic heterocycles. The van der Waals surface area contributed by atoms with Crippen molar-refractivity contribution in [3.05, 3.63) is 35.9 Å². The Morgan fingerprint density at radius 3 is 2.56 bits per heavy atom. The highest BCUT2D eigenvalue weighted by atomic mass is 16.5. The largest absolute Gasteiger partial charge is 0.381 e. The molecule has 0 amide bonds. The van der Waals surface area contributed by atoms with Gasteiger partial charge in [0.25, 0.3) is 0 Å². The van der Waals surface area contributed by atoms with E-state index in [-0.39, 0.29) is 6.04 Å². The van der Waals surface area contributed by atoms with E-state index in [0.29, 0.717) is 0 Å². The second-order valence-corrected chi connectivity index (χ2v) is 5.36. The van der Waals surface area contributed by atoms with Crippen LogP contribution in [0.15, 0.2) is 30.3 Å². The molecule has 2 N–H and O–H groups in total. The Balaban J connectivity index is 1.60. The van der Waals surface area contributed by atoms with E-state index in [1.54, 1.807) is 0 Å². The van der Waals surface area contributed by atoms with Crippen LogP contribution in [0.1, 0.15) is 50.1 Å². The van der Waals surface area contributed by atoms with Gasteiger partial charge in [0.15, 0.2) is 0 Å². The molecular weight excluding hydrogens is 222 g/mol. The van der Waals surface area contributed by atoms with Crippen molar-refractivity contribution in [3.8, 4) is 0 Å². The van der Waals surface area contributed by atoms with Crippen molar-refractivity contribution in [1.82, 2.24) is 0 Å². The van der Waals surface area contributed by atoms with Crippen molar-refractivity contribution in [2.24, 2.45) is 11.7 Å². The molecule has 1 saturated heterocycles. The van der Waals surface area contributed by atoms with Crippen molar-refractivity contribution in [2.45, 2.75) is 44.6 Å². The fourth-order valence-electron chi connectivity index (χ4n) is 2.70. The maximum absolute atomic E-state index is 6.19. The molecule has 1 aromatic carbocycles. The molecule has 0 saturated carbocycles. The first-order valence-electron chi connectivity index (χ1n) is 7.24. The number of hydrogen-bond acceptors (Lipinski definition) is 2. The molecule has 0 bridgehead atoms. The Labute approximate surface area is 111 Å². The molecule has 1 heterocycles. The third-order valence-electron chi connectivity index (χ3n) is 3.95. The van der Waals surface area contributed by atoms with Gasteiger partial charge in [0.2, 0.25) is 0 Å². The van der Waals surface area contributed by atoms with E-state index in [4.69, 9.17) is 10.5 Å². The van der Waals surface area contributed by atoms with Gasteiger partial charge in [0, 0.05) is 19.3 Å². The van der Waals surface area contributed by atoms with Crippen LogP contribution in [-0.4, -0.2) is 13.2 Å². The predicted molar refractivity (Wildman–Crippen MR) is 75.4 cm³/mol. The molecule has 0 radical (unpaired) electrons. The van der Waals surface area contributed by atoms with E-state index < -0.39 is 0 Å². The first-order valence-corrected chi connectivity index (χ1v) is 7.24. The summed E-state index contributed by atoms with van der Waals surface area (Å²) in [5.74, 6) is 0.895. The first kappa shape index (κ1) is 13.6. The summed E-state index contributed by atoms with van der Waals surface area (Å²) in [6.07, 6.45) is 7.52. The van der Waals surface area contributed by atoms with E-state index in [0.717, 1.165) is 25.6 Å². The van der Waals surface area contributed by atoms with Gasteiger partial charge < -0.3 is 10.5 Å². The van der Waals surface area contributed by atoms with Crippen molar-refractivity contribution in [1.29, 1.82) is 0 Å². The smallest absolute Gasteiger partial charge is 0.0468 e. The number of benzene rings is 1. The van der Waals surface area contributed by atoms with Crippen molar-refractivity contribution in [2.75, 3.05) is 13.2 Å². The lowest BCUT2D eigenvalue weighted by atomic mass is 9.92. The molecule has 0 aromatic heterocycles. The van der Waals surface area contributed by atoms with E-state index in [9.17, 15) is 0 Å². The Bertz CT molecular complexity index is 319. The lowest BCUT2D eigenvalue weighted by Crippen LogP contribution is -2.15. The van der Waals surface area contributed by atoms with Gasteiger partial charge in [-0.15, -0.1) is 0 Å². The summed E-state index contributed by atoms with van der Waals surface area (Å²) >= 11 is 0. The van der Waals surface area contributed by atoms with Gasteiger partial charge in [0.05, 0.1) is 0 Å². The summed E-state index contributed by atoms with van der Waals surface area (Å²) in [5, 5.41) is 0. The molecule has 100 valence electrons. The van der Waals surface area contributed by atoms with Crippen LogP contribution in [0.3, 0.4) is 0 Å². The highest BCUT2D eigenvalue weighted by Gasteiger charge is 2.13. The van der Waals surface area contributed by atoms with Gasteiger partial charge in [-0.05, 0) is 30.7 Å². The molecule has 0 aliphatic carbocycles. The van der Waals surface area contributed by atoms with Crippen LogP contribution in [-0.2, 0) is 4.74 Å². The molecule has 2 rings (SSSR count). The highest BCUT2D eigenvalue weighted by Crippen LogP contribution is 2.23. The SMILES string of the molecule is NC(CCCCC1CCOCC1)c1ccccc1. The van der Waals surface area contributed by atoms with Crippen molar-refractivity contribution >= 4 is 0 Å². The minimum atomic E-state index is 0.209. The Hall–Kier alpha value is -0.860. The fourth-order valence-corrected chi connectivity index (χ4v) is 2.70. The molecule has 2 heteroatoms. The topological polar surface area (TPSA) is 35.2 Å². The quantitative estimate of drug-likeness (QED) is 0.778. The Morgan fingerprint density at radius 1 is 1.11 bits per heavy atom. The van der Waals surface area contributed by atoms with Gasteiger partial charge in [-0.25, -0.2) is 0 Å². The van der Waals surface area contributed by atoms with Crippen LogP contribution in [0.5, 0.6) is 0 Å². The Kier molecular flexibility index (Phi) is 5.69. The second-order valence-electron chi connectivity index (χ2n) is 5.36. The van der Waals surface area contributed by atoms with E-state index in [2.05, 4.69) is 24.3 Å². The number of rotatable bonds is 6. The molecular formula is C16H25NO. The number of unbranched alkanes of at least 4 members (excludes halogenated alkanes) is 1. The zero-order chi connectivity index (χ0) is 12.6. The zero-order valence-electron chi connectivity index (χ0n) is 11.2. The molecule has 1 aliphatic rings. The zero-order valence-corrected chi connectivity index (χ0v) is 11.2. The number of ether oxygens (including phenoxy) is 1. The fraction of sp³-hybridized carbons (Fsp3) is 0.625. The molecule has 18 heavy (non-hydrogen) atoms. The number of hydrogen-bond donors (Lipinski definition) is 1. The monoisotopic (exact) mass is 247 g/mol. The standard InChI is InChI=1S/C16H25NO/c17-16(15-7-2-1-3-8-15)9-5-4-6-14-10-12-18-13-11-14/h1-3,7-8,14,16H,4-6,9-13,17H2. The van der Waals surface area contributed by atoms with Crippen LogP contribution in [0.2, 0.25) is 0 Å². The average molecular weight is 247 g/mol. The van der Waals surface area contributed by atoms with Gasteiger partial charge in [0.1, 0.15) is 0 Å². The number of nitrogens with two attached hydrogens (primary N) is 1. The van der Waals surface area contributed by atoms with Crippen LogP contribution >= 0.6 is 0 Å². The van der Waals surface area contributed by atoms with E-state index in [1.165, 1.54) is 37.7 Å². The maximum Gasteiger partial charge on any atom is 0.0468 e. The van der Waals surface area contributed by atoms with E-state index >= 15 is 0 Å². The minimum Gasteiger partial charge on any atom is -0.381 e. The summed E-state index contributed by atoms with van der Waals surface area (Å²) in [6, 6.07) is 10.6. The molecule has 1 fully saturated rings. The second kappa shape index (κ2) is 7.55. The first-order chi connectivity index (χ1) is 8.86.